The predicted octanol–water partition coefficient (Wildman–Crippen LogP) is 3.36. The van der Waals surface area contributed by atoms with Crippen LogP contribution in [0.1, 0.15) is 5.56 Å². The summed E-state index contributed by atoms with van der Waals surface area (Å²) in [5.74, 6) is -0.994. The number of halogens is 2. The first-order valence-electron chi connectivity index (χ1n) is 7.20. The van der Waals surface area contributed by atoms with E-state index >= 15 is 0 Å². The Morgan fingerprint density at radius 2 is 1.96 bits per heavy atom. The highest BCUT2D eigenvalue weighted by Crippen LogP contribution is 2.50. The van der Waals surface area contributed by atoms with E-state index in [0.29, 0.717) is 16.9 Å². The number of fused-ring (bicyclic) bond motifs is 3. The molecule has 2 N–H and O–H groups in total. The van der Waals surface area contributed by atoms with Gasteiger partial charge in [0.25, 0.3) is 5.91 Å². The van der Waals surface area contributed by atoms with Crippen LogP contribution in [-0.4, -0.2) is 17.6 Å². The summed E-state index contributed by atoms with van der Waals surface area (Å²) < 4.78 is 29.4. The summed E-state index contributed by atoms with van der Waals surface area (Å²) in [4.78, 5) is 13.8. The zero-order valence-electron chi connectivity index (χ0n) is 12.2. The number of para-hydroxylation sites is 2. The molecule has 0 saturated carbocycles. The van der Waals surface area contributed by atoms with Gasteiger partial charge in [0.1, 0.15) is 5.75 Å². The maximum Gasteiger partial charge on any atom is 0.387 e. The van der Waals surface area contributed by atoms with Crippen LogP contribution in [0, 0.1) is 0 Å². The van der Waals surface area contributed by atoms with Crippen molar-refractivity contribution in [3.05, 3.63) is 65.9 Å². The first-order valence-corrected chi connectivity index (χ1v) is 7.20. The van der Waals surface area contributed by atoms with E-state index in [1.54, 1.807) is 30.3 Å². The molecule has 7 heteroatoms. The van der Waals surface area contributed by atoms with E-state index in [2.05, 4.69) is 10.1 Å². The maximum atomic E-state index is 12.5. The van der Waals surface area contributed by atoms with Crippen LogP contribution in [0.2, 0.25) is 0 Å². The molecule has 0 aliphatic carbocycles. The Morgan fingerprint density at radius 3 is 2.75 bits per heavy atom. The first kappa shape index (κ1) is 14.5. The number of carbonyl (C=O) groups is 1. The second-order valence-electron chi connectivity index (χ2n) is 5.49. The summed E-state index contributed by atoms with van der Waals surface area (Å²) in [7, 11) is 0. The van der Waals surface area contributed by atoms with Gasteiger partial charge in [-0.15, -0.1) is 0 Å². The van der Waals surface area contributed by atoms with E-state index < -0.39 is 23.9 Å². The third-order valence-electron chi connectivity index (χ3n) is 4.09. The highest BCUT2D eigenvalue weighted by Gasteiger charge is 2.52. The quantitative estimate of drug-likeness (QED) is 0.906. The smallest absolute Gasteiger partial charge is 0.387 e. The van der Waals surface area contributed by atoms with Gasteiger partial charge in [-0.1, -0.05) is 24.3 Å². The Labute approximate surface area is 135 Å². The molecular weight excluding hydrogens is 318 g/mol. The monoisotopic (exact) mass is 330 g/mol. The third kappa shape index (κ3) is 1.94. The highest BCUT2D eigenvalue weighted by atomic mass is 19.3. The average molecular weight is 330 g/mol. The van der Waals surface area contributed by atoms with E-state index in [9.17, 15) is 18.7 Å². The number of hydrogen-bond donors (Lipinski definition) is 2. The molecule has 122 valence electrons. The molecule has 1 atom stereocenters. The van der Waals surface area contributed by atoms with Gasteiger partial charge in [0.2, 0.25) is 0 Å². The molecule has 2 heterocycles. The van der Waals surface area contributed by atoms with Crippen LogP contribution < -0.4 is 15.0 Å². The van der Waals surface area contributed by atoms with Crippen molar-refractivity contribution in [1.29, 1.82) is 0 Å². The summed E-state index contributed by atoms with van der Waals surface area (Å²) in [5, 5.41) is 13.1. The van der Waals surface area contributed by atoms with Gasteiger partial charge in [0.15, 0.2) is 11.4 Å². The molecule has 2 aromatic rings. The number of amides is 1. The molecule has 0 aromatic heterocycles. The zero-order chi connectivity index (χ0) is 16.9. The molecule has 24 heavy (non-hydrogen) atoms. The molecule has 0 unspecified atom stereocenters. The fraction of sp³-hybridized carbons (Fsp3) is 0.118. The third-order valence-corrected chi connectivity index (χ3v) is 4.09. The van der Waals surface area contributed by atoms with Crippen LogP contribution in [0.4, 0.5) is 20.2 Å². The average Bonchev–Trinajstić information content (AvgIpc) is 3.00. The molecule has 5 nitrogen and oxygen atoms in total. The molecule has 0 radical (unpaired) electrons. The van der Waals surface area contributed by atoms with E-state index in [0.717, 1.165) is 0 Å². The molecule has 2 aromatic carbocycles. The number of alkyl halides is 2. The molecule has 0 bridgehead atoms. The Bertz CT molecular complexity index is 868. The highest BCUT2D eigenvalue weighted by molar-refractivity contribution is 6.13. The van der Waals surface area contributed by atoms with Crippen molar-refractivity contribution in [2.24, 2.45) is 0 Å². The number of nitrogens with zero attached hydrogens (tertiary/aromatic N) is 1. The van der Waals surface area contributed by atoms with Gasteiger partial charge >= 0.3 is 6.61 Å². The van der Waals surface area contributed by atoms with Crippen LogP contribution in [0.25, 0.3) is 0 Å². The fourth-order valence-corrected chi connectivity index (χ4v) is 3.16. The van der Waals surface area contributed by atoms with Crippen LogP contribution in [-0.2, 0) is 10.5 Å². The number of rotatable bonds is 3. The van der Waals surface area contributed by atoms with Crippen molar-refractivity contribution in [1.82, 2.24) is 0 Å². The number of benzene rings is 2. The number of anilines is 2. The predicted molar refractivity (Wildman–Crippen MR) is 83.0 cm³/mol. The Kier molecular flexibility index (Phi) is 2.99. The lowest BCUT2D eigenvalue weighted by Crippen LogP contribution is -2.45. The second kappa shape index (κ2) is 4.95. The number of nitrogens with one attached hydrogen (secondary N) is 1. The minimum atomic E-state index is -2.95. The molecule has 0 saturated heterocycles. The summed E-state index contributed by atoms with van der Waals surface area (Å²) >= 11 is 0. The van der Waals surface area contributed by atoms with Crippen molar-refractivity contribution in [3.8, 4) is 5.75 Å². The summed E-state index contributed by atoms with van der Waals surface area (Å²) in [6.45, 7) is -2.95. The summed E-state index contributed by atoms with van der Waals surface area (Å²) in [5.41, 5.74) is 0.624. The van der Waals surface area contributed by atoms with E-state index in [1.165, 1.54) is 23.1 Å². The molecule has 4 rings (SSSR count). The summed E-state index contributed by atoms with van der Waals surface area (Å²) in [6, 6.07) is 13.2. The SMILES string of the molecule is O=C1C(O)=C[C@]2(c3cccc(OC(F)F)c3)Nc3ccccc3N12. The van der Waals surface area contributed by atoms with Crippen LogP contribution in [0.5, 0.6) is 5.75 Å². The lowest BCUT2D eigenvalue weighted by molar-refractivity contribution is -0.117. The van der Waals surface area contributed by atoms with Gasteiger partial charge in [0.05, 0.1) is 11.4 Å². The topological polar surface area (TPSA) is 61.8 Å². The second-order valence-corrected chi connectivity index (χ2v) is 5.49. The first-order chi connectivity index (χ1) is 11.5. The number of aliphatic hydroxyl groups excluding tert-OH is 1. The Morgan fingerprint density at radius 1 is 1.17 bits per heavy atom. The minimum Gasteiger partial charge on any atom is -0.503 e. The molecule has 1 amide bonds. The number of aliphatic hydroxyl groups is 1. The molecule has 0 fully saturated rings. The molecule has 0 spiro atoms. The van der Waals surface area contributed by atoms with E-state index in [-0.39, 0.29) is 5.75 Å². The van der Waals surface area contributed by atoms with Gasteiger partial charge < -0.3 is 15.2 Å². The minimum absolute atomic E-state index is 0.0261. The lowest BCUT2D eigenvalue weighted by atomic mass is 9.99. The van der Waals surface area contributed by atoms with Crippen LogP contribution in [0.3, 0.4) is 0 Å². The van der Waals surface area contributed by atoms with Crippen LogP contribution in [0.15, 0.2) is 60.4 Å². The van der Waals surface area contributed by atoms with Gasteiger partial charge in [-0.05, 0) is 24.3 Å². The Hall–Kier alpha value is -3.09. The molecule has 2 aliphatic rings. The maximum absolute atomic E-state index is 12.5. The Balaban J connectivity index is 1.85. The largest absolute Gasteiger partial charge is 0.503 e. The molecular formula is C17H12F2N2O3. The van der Waals surface area contributed by atoms with E-state index in [1.807, 2.05) is 6.07 Å². The van der Waals surface area contributed by atoms with Gasteiger partial charge in [0, 0.05) is 11.6 Å². The van der Waals surface area contributed by atoms with Crippen LogP contribution >= 0.6 is 0 Å². The van der Waals surface area contributed by atoms with Crippen molar-refractivity contribution < 1.29 is 23.4 Å². The van der Waals surface area contributed by atoms with Gasteiger partial charge in [-0.25, -0.2) is 0 Å². The van der Waals surface area contributed by atoms with Crippen molar-refractivity contribution in [3.63, 3.8) is 0 Å². The number of ether oxygens (including phenoxy) is 1. The van der Waals surface area contributed by atoms with Gasteiger partial charge in [-0.3, -0.25) is 9.69 Å². The van der Waals surface area contributed by atoms with Crippen molar-refractivity contribution >= 4 is 17.3 Å². The fourth-order valence-electron chi connectivity index (χ4n) is 3.16. The standard InChI is InChI=1S/C17H12F2N2O3/c18-16(19)24-11-5-3-4-10(8-11)17-9-14(22)15(23)21(17)13-7-2-1-6-12(13)20-17/h1-9,16,20,22H/t17-/m0/s1. The zero-order valence-corrected chi connectivity index (χ0v) is 12.2. The molecule has 2 aliphatic heterocycles. The number of hydrogen-bond acceptors (Lipinski definition) is 4. The normalized spacial score (nSPS) is 21.4. The van der Waals surface area contributed by atoms with E-state index in [4.69, 9.17) is 0 Å². The lowest BCUT2D eigenvalue weighted by Gasteiger charge is -2.31. The van der Waals surface area contributed by atoms with Crippen molar-refractivity contribution in [2.45, 2.75) is 12.3 Å². The van der Waals surface area contributed by atoms with Crippen molar-refractivity contribution in [2.75, 3.05) is 10.2 Å². The van der Waals surface area contributed by atoms with Gasteiger partial charge in [-0.2, -0.15) is 8.78 Å². The number of carbonyl (C=O) groups excluding carboxylic acids is 1. The summed E-state index contributed by atoms with van der Waals surface area (Å²) in [6.07, 6.45) is 1.37.